The van der Waals surface area contributed by atoms with Crippen LogP contribution < -0.4 is 0 Å². The Morgan fingerprint density at radius 1 is 0.923 bits per heavy atom. The van der Waals surface area contributed by atoms with Crippen LogP contribution in [0.5, 0.6) is 0 Å². The lowest BCUT2D eigenvalue weighted by Crippen LogP contribution is -2.51. The molecule has 0 amide bonds. The Kier molecular flexibility index (Phi) is 7.21. The summed E-state index contributed by atoms with van der Waals surface area (Å²) in [6, 6.07) is 20.4. The van der Waals surface area contributed by atoms with Crippen molar-refractivity contribution >= 4 is 0 Å². The second kappa shape index (κ2) is 9.83. The minimum absolute atomic E-state index is 0.00205. The molecule has 26 heavy (non-hydrogen) atoms. The molecular weight excluding hydrogens is 328 g/mol. The first-order chi connectivity index (χ1) is 12.8. The van der Waals surface area contributed by atoms with E-state index in [4.69, 9.17) is 18.9 Å². The number of hydrogen-bond donors (Lipinski definition) is 0. The highest BCUT2D eigenvalue weighted by atomic mass is 16.6. The summed E-state index contributed by atoms with van der Waals surface area (Å²) < 4.78 is 23.7. The largest absolute Gasteiger partial charge is 0.378 e. The molecule has 0 saturated carbocycles. The third-order valence-electron chi connectivity index (χ3n) is 4.92. The maximum Gasteiger partial charge on any atom is 0.108 e. The lowest BCUT2D eigenvalue weighted by atomic mass is 9.91. The first-order valence-electron chi connectivity index (χ1n) is 9.19. The molecule has 0 aliphatic carbocycles. The molecule has 2 aromatic carbocycles. The van der Waals surface area contributed by atoms with Gasteiger partial charge in [-0.15, -0.1) is 0 Å². The van der Waals surface area contributed by atoms with Gasteiger partial charge in [-0.2, -0.15) is 0 Å². The highest BCUT2D eigenvalue weighted by Gasteiger charge is 2.38. The van der Waals surface area contributed by atoms with Crippen LogP contribution >= 0.6 is 0 Å². The van der Waals surface area contributed by atoms with Gasteiger partial charge in [0.05, 0.1) is 38.6 Å². The van der Waals surface area contributed by atoms with Gasteiger partial charge < -0.3 is 18.9 Å². The smallest absolute Gasteiger partial charge is 0.108 e. The molecule has 4 nitrogen and oxygen atoms in total. The van der Waals surface area contributed by atoms with Crippen LogP contribution in [0.3, 0.4) is 0 Å². The summed E-state index contributed by atoms with van der Waals surface area (Å²) in [4.78, 5) is 0. The van der Waals surface area contributed by atoms with Gasteiger partial charge in [0.25, 0.3) is 0 Å². The van der Waals surface area contributed by atoms with Crippen molar-refractivity contribution in [2.75, 3.05) is 20.3 Å². The predicted molar refractivity (Wildman–Crippen MR) is 101 cm³/mol. The Balaban J connectivity index is 1.48. The standard InChI is InChI=1S/C22H28O4/c1-17-20(15-24-13-18-9-5-3-6-10-18)26-16-21(22(17)23-2)25-14-19-11-7-4-8-12-19/h3-12,17,20-22H,13-16H2,1-2H3/t17-,20-,21+,22+/m1/s1. The molecule has 4 heteroatoms. The van der Waals surface area contributed by atoms with Crippen molar-refractivity contribution in [2.45, 2.75) is 38.4 Å². The van der Waals surface area contributed by atoms with Crippen LogP contribution in [0.4, 0.5) is 0 Å². The van der Waals surface area contributed by atoms with Gasteiger partial charge in [0.1, 0.15) is 6.10 Å². The van der Waals surface area contributed by atoms with Gasteiger partial charge in [0, 0.05) is 13.0 Å². The third kappa shape index (κ3) is 5.15. The summed E-state index contributed by atoms with van der Waals surface area (Å²) in [6.07, 6.45) is -0.0568. The van der Waals surface area contributed by atoms with Gasteiger partial charge in [-0.05, 0) is 11.1 Å². The van der Waals surface area contributed by atoms with E-state index < -0.39 is 0 Å². The normalized spacial score (nSPS) is 25.9. The molecule has 1 aliphatic heterocycles. The van der Waals surface area contributed by atoms with Crippen LogP contribution in [0.15, 0.2) is 60.7 Å². The Hall–Kier alpha value is -1.72. The van der Waals surface area contributed by atoms with E-state index in [1.807, 2.05) is 36.4 Å². The summed E-state index contributed by atoms with van der Waals surface area (Å²) >= 11 is 0. The second-order valence-corrected chi connectivity index (χ2v) is 6.77. The van der Waals surface area contributed by atoms with E-state index in [0.29, 0.717) is 26.4 Å². The fourth-order valence-electron chi connectivity index (χ4n) is 3.37. The van der Waals surface area contributed by atoms with Crippen molar-refractivity contribution in [1.82, 2.24) is 0 Å². The minimum Gasteiger partial charge on any atom is -0.378 e. The highest BCUT2D eigenvalue weighted by molar-refractivity contribution is 5.14. The minimum atomic E-state index is -0.0689. The van der Waals surface area contributed by atoms with Crippen LogP contribution in [0.1, 0.15) is 18.1 Å². The molecule has 0 bridgehead atoms. The molecule has 3 rings (SSSR count). The molecule has 1 fully saturated rings. The van der Waals surface area contributed by atoms with Gasteiger partial charge in [-0.25, -0.2) is 0 Å². The average molecular weight is 356 g/mol. The summed E-state index contributed by atoms with van der Waals surface area (Å²) in [5.41, 5.74) is 2.33. The summed E-state index contributed by atoms with van der Waals surface area (Å²) in [5.74, 6) is 0.199. The van der Waals surface area contributed by atoms with Crippen LogP contribution in [0, 0.1) is 5.92 Å². The zero-order valence-electron chi connectivity index (χ0n) is 15.5. The van der Waals surface area contributed by atoms with E-state index in [-0.39, 0.29) is 24.2 Å². The monoisotopic (exact) mass is 356 g/mol. The topological polar surface area (TPSA) is 36.9 Å². The fourth-order valence-corrected chi connectivity index (χ4v) is 3.37. The van der Waals surface area contributed by atoms with E-state index in [1.54, 1.807) is 7.11 Å². The van der Waals surface area contributed by atoms with Gasteiger partial charge in [0.2, 0.25) is 0 Å². The Morgan fingerprint density at radius 3 is 2.15 bits per heavy atom. The van der Waals surface area contributed by atoms with E-state index in [0.717, 1.165) is 5.56 Å². The molecule has 0 spiro atoms. The summed E-state index contributed by atoms with van der Waals surface area (Å²) in [6.45, 7) is 4.38. The zero-order chi connectivity index (χ0) is 18.2. The van der Waals surface area contributed by atoms with Crippen LogP contribution in [0.25, 0.3) is 0 Å². The van der Waals surface area contributed by atoms with Crippen molar-refractivity contribution in [3.05, 3.63) is 71.8 Å². The van der Waals surface area contributed by atoms with E-state index in [2.05, 4.69) is 31.2 Å². The van der Waals surface area contributed by atoms with Crippen LogP contribution in [0.2, 0.25) is 0 Å². The molecule has 0 radical (unpaired) electrons. The number of ether oxygens (including phenoxy) is 4. The zero-order valence-corrected chi connectivity index (χ0v) is 15.5. The van der Waals surface area contributed by atoms with Crippen molar-refractivity contribution in [3.8, 4) is 0 Å². The number of methoxy groups -OCH3 is 1. The molecule has 0 N–H and O–H groups in total. The molecule has 140 valence electrons. The van der Waals surface area contributed by atoms with Crippen molar-refractivity contribution < 1.29 is 18.9 Å². The number of hydrogen-bond acceptors (Lipinski definition) is 4. The quantitative estimate of drug-likeness (QED) is 0.720. The van der Waals surface area contributed by atoms with E-state index in [9.17, 15) is 0 Å². The SMILES string of the molecule is CO[C@H]1[C@H](C)[C@@H](COCc2ccccc2)OC[C@@H]1OCc1ccccc1. The van der Waals surface area contributed by atoms with E-state index in [1.165, 1.54) is 5.56 Å². The first kappa shape index (κ1) is 19.1. The second-order valence-electron chi connectivity index (χ2n) is 6.77. The van der Waals surface area contributed by atoms with Crippen molar-refractivity contribution in [1.29, 1.82) is 0 Å². The Morgan fingerprint density at radius 2 is 1.54 bits per heavy atom. The molecule has 1 heterocycles. The maximum atomic E-state index is 6.07. The maximum absolute atomic E-state index is 6.07. The Labute approximate surface area is 156 Å². The van der Waals surface area contributed by atoms with Gasteiger partial charge in [-0.1, -0.05) is 67.6 Å². The number of benzene rings is 2. The molecule has 4 atom stereocenters. The molecule has 1 saturated heterocycles. The molecule has 1 aliphatic rings. The molecule has 0 aromatic heterocycles. The van der Waals surface area contributed by atoms with Crippen molar-refractivity contribution in [2.24, 2.45) is 5.92 Å². The van der Waals surface area contributed by atoms with Crippen LogP contribution in [-0.4, -0.2) is 38.6 Å². The fraction of sp³-hybridized carbons (Fsp3) is 0.455. The third-order valence-corrected chi connectivity index (χ3v) is 4.92. The first-order valence-corrected chi connectivity index (χ1v) is 9.19. The lowest BCUT2D eigenvalue weighted by Gasteiger charge is -2.40. The summed E-state index contributed by atoms with van der Waals surface area (Å²) in [7, 11) is 1.74. The predicted octanol–water partition coefficient (Wildman–Crippen LogP) is 3.84. The van der Waals surface area contributed by atoms with E-state index >= 15 is 0 Å². The van der Waals surface area contributed by atoms with Gasteiger partial charge >= 0.3 is 0 Å². The molecule has 2 aromatic rings. The summed E-state index contributed by atoms with van der Waals surface area (Å²) in [5, 5.41) is 0. The van der Waals surface area contributed by atoms with Gasteiger partial charge in [-0.3, -0.25) is 0 Å². The molecule has 0 unspecified atom stereocenters. The average Bonchev–Trinajstić information content (AvgIpc) is 2.69. The lowest BCUT2D eigenvalue weighted by molar-refractivity contribution is -0.197. The highest BCUT2D eigenvalue weighted by Crippen LogP contribution is 2.26. The number of rotatable bonds is 8. The van der Waals surface area contributed by atoms with Gasteiger partial charge in [0.15, 0.2) is 0 Å². The van der Waals surface area contributed by atoms with Crippen molar-refractivity contribution in [3.63, 3.8) is 0 Å². The molecular formula is C22H28O4. The van der Waals surface area contributed by atoms with Crippen LogP contribution in [-0.2, 0) is 32.2 Å². The Bertz CT molecular complexity index is 631.